The summed E-state index contributed by atoms with van der Waals surface area (Å²) < 4.78 is 0. The van der Waals surface area contributed by atoms with Crippen molar-refractivity contribution in [2.45, 2.75) is 71.8 Å². The first kappa shape index (κ1) is 31.2. The fourth-order valence-electron chi connectivity index (χ4n) is 4.30. The van der Waals surface area contributed by atoms with Crippen LogP contribution in [0.25, 0.3) is 0 Å². The van der Waals surface area contributed by atoms with Gasteiger partial charge in [0.05, 0.1) is 0 Å². The number of benzene rings is 2. The lowest BCUT2D eigenvalue weighted by Crippen LogP contribution is -2.58. The Morgan fingerprint density at radius 1 is 1.06 bits per heavy atom. The third kappa shape index (κ3) is 10.4. The average Bonchev–Trinajstić information content (AvgIpc) is 2.92. The van der Waals surface area contributed by atoms with E-state index in [4.69, 9.17) is 22.1 Å². The zero-order valence-corrected chi connectivity index (χ0v) is 22.6. The second kappa shape index (κ2) is 18.4. The Morgan fingerprint density at radius 3 is 2.06 bits per heavy atom. The topological polar surface area (TPSA) is 116 Å². The van der Waals surface area contributed by atoms with Gasteiger partial charge in [0.2, 0.25) is 0 Å². The Morgan fingerprint density at radius 2 is 1.61 bits per heavy atom. The molecule has 0 spiro atoms. The fraction of sp³-hybridized carbons (Fsp3) is 0.483. The van der Waals surface area contributed by atoms with Gasteiger partial charge < -0.3 is 10.8 Å². The summed E-state index contributed by atoms with van der Waals surface area (Å²) >= 11 is 0. The lowest BCUT2D eigenvalue weighted by molar-refractivity contribution is 0.197. The van der Waals surface area contributed by atoms with E-state index >= 15 is 0 Å². The van der Waals surface area contributed by atoms with Crippen molar-refractivity contribution in [3.05, 3.63) is 71.8 Å². The maximum Gasteiger partial charge on any atom is 0.135 e. The summed E-state index contributed by atoms with van der Waals surface area (Å²) in [5, 5.41) is 25.2. The van der Waals surface area contributed by atoms with Gasteiger partial charge in [-0.3, -0.25) is 21.2 Å². The predicted molar refractivity (Wildman–Crippen MR) is 154 cm³/mol. The van der Waals surface area contributed by atoms with Crippen LogP contribution >= 0.6 is 0 Å². The first-order valence-corrected chi connectivity index (χ1v) is 13.2. The molecule has 1 heterocycles. The summed E-state index contributed by atoms with van der Waals surface area (Å²) in [6, 6.07) is 20.5. The highest BCUT2D eigenvalue weighted by atomic mass is 15.6. The molecule has 36 heavy (non-hydrogen) atoms. The molecule has 2 aromatic carbocycles. The van der Waals surface area contributed by atoms with E-state index in [2.05, 4.69) is 59.8 Å². The van der Waals surface area contributed by atoms with Crippen molar-refractivity contribution in [2.75, 3.05) is 19.6 Å². The predicted octanol–water partition coefficient (Wildman–Crippen LogP) is 5.64. The second-order valence-corrected chi connectivity index (χ2v) is 8.70. The Bertz CT molecular complexity index is 862. The fourth-order valence-corrected chi connectivity index (χ4v) is 4.30. The molecule has 1 aliphatic rings. The summed E-state index contributed by atoms with van der Waals surface area (Å²) in [5.74, 6) is 6.64. The normalized spacial score (nSPS) is 14.4. The van der Waals surface area contributed by atoms with Gasteiger partial charge in [-0.1, -0.05) is 87.9 Å². The average molecular weight is 494 g/mol. The molecule has 1 unspecified atom stereocenters. The zero-order valence-electron chi connectivity index (χ0n) is 22.6. The maximum absolute atomic E-state index is 8.75. The van der Waals surface area contributed by atoms with Gasteiger partial charge in [-0.05, 0) is 69.0 Å². The number of hydrogen-bond donors (Lipinski definition) is 5. The first-order chi connectivity index (χ1) is 17.5. The zero-order chi connectivity index (χ0) is 26.8. The molecule has 1 saturated heterocycles. The lowest BCUT2D eigenvalue weighted by Gasteiger charge is -2.40. The Balaban J connectivity index is 0.000000826. The third-order valence-electron chi connectivity index (χ3n) is 6.18. The molecule has 0 saturated carbocycles. The van der Waals surface area contributed by atoms with Crippen LogP contribution < -0.4 is 11.4 Å². The molecule has 6 N–H and O–H groups in total. The van der Waals surface area contributed by atoms with Crippen LogP contribution in [0.5, 0.6) is 0 Å². The highest BCUT2D eigenvalue weighted by Gasteiger charge is 2.32. The molecule has 0 aliphatic carbocycles. The van der Waals surface area contributed by atoms with Crippen LogP contribution in [0.4, 0.5) is 0 Å². The van der Waals surface area contributed by atoms with Crippen LogP contribution in [-0.4, -0.2) is 53.3 Å². The molecule has 1 atom stereocenters. The maximum atomic E-state index is 8.75. The van der Waals surface area contributed by atoms with Gasteiger partial charge in [0.25, 0.3) is 0 Å². The number of nitrogens with one attached hydrogen (secondary N) is 4. The number of nitrogens with two attached hydrogens (primary N) is 1. The summed E-state index contributed by atoms with van der Waals surface area (Å²) in [6.45, 7) is 10.2. The molecular weight excluding hydrogens is 446 g/mol. The van der Waals surface area contributed by atoms with Crippen LogP contribution in [0.3, 0.4) is 0 Å². The van der Waals surface area contributed by atoms with E-state index in [0.29, 0.717) is 24.0 Å². The van der Waals surface area contributed by atoms with Crippen molar-refractivity contribution in [3.63, 3.8) is 0 Å². The van der Waals surface area contributed by atoms with Crippen molar-refractivity contribution in [3.8, 4) is 0 Å². The van der Waals surface area contributed by atoms with E-state index in [9.17, 15) is 0 Å². The van der Waals surface area contributed by atoms with E-state index < -0.39 is 0 Å². The minimum atomic E-state index is -0.349. The smallest absolute Gasteiger partial charge is 0.135 e. The standard InChI is InChI=1S/C23H32N6.C4H9N.C2H6/c1-18(24)22(23(25)29(27-26)17-12-19-8-4-2-5-9-19)28-15-13-21(14-16-28)20-10-6-3-7-11-20;1-2-3-4-5;1-2/h2-11,21-22,24-25,27H,12-17,26H2,1H3;4-5H,2-3H2,1H3;1-2H3. The SMILES string of the molecule is CC.CC(=N)C(C(=N)N(CCc1ccccc1)NN)N1CCC(c2ccccc2)CC1.CCCC=N. The number of piperidine rings is 1. The number of hydrogen-bond acceptors (Lipinski definition) is 6. The van der Waals surface area contributed by atoms with E-state index in [1.165, 1.54) is 17.3 Å². The molecule has 0 radical (unpaired) electrons. The number of rotatable bonds is 10. The molecule has 0 amide bonds. The second-order valence-electron chi connectivity index (χ2n) is 8.70. The van der Waals surface area contributed by atoms with Gasteiger partial charge in [0, 0.05) is 12.3 Å². The van der Waals surface area contributed by atoms with E-state index in [0.717, 1.165) is 45.2 Å². The quantitative estimate of drug-likeness (QED) is 0.127. The van der Waals surface area contributed by atoms with Gasteiger partial charge in [-0.15, -0.1) is 0 Å². The summed E-state index contributed by atoms with van der Waals surface area (Å²) in [5.41, 5.74) is 5.74. The van der Waals surface area contributed by atoms with E-state index in [1.54, 1.807) is 11.9 Å². The van der Waals surface area contributed by atoms with Gasteiger partial charge in [-0.2, -0.15) is 5.53 Å². The number of likely N-dealkylation sites (tertiary alicyclic amines) is 1. The Kier molecular flexibility index (Phi) is 15.9. The van der Waals surface area contributed by atoms with Crippen LogP contribution in [0.2, 0.25) is 0 Å². The molecule has 0 bridgehead atoms. The van der Waals surface area contributed by atoms with Crippen molar-refractivity contribution in [2.24, 2.45) is 5.84 Å². The molecule has 198 valence electrons. The molecule has 0 aromatic heterocycles. The number of hydrazine groups is 2. The van der Waals surface area contributed by atoms with Crippen LogP contribution in [-0.2, 0) is 6.42 Å². The van der Waals surface area contributed by atoms with Gasteiger partial charge >= 0.3 is 0 Å². The van der Waals surface area contributed by atoms with Crippen LogP contribution in [0, 0.1) is 16.2 Å². The highest BCUT2D eigenvalue weighted by molar-refractivity contribution is 6.06. The molecule has 3 rings (SSSR count). The van der Waals surface area contributed by atoms with Crippen molar-refractivity contribution < 1.29 is 0 Å². The first-order valence-electron chi connectivity index (χ1n) is 13.2. The highest BCUT2D eigenvalue weighted by Crippen LogP contribution is 2.29. The van der Waals surface area contributed by atoms with Gasteiger partial charge in [0.15, 0.2) is 0 Å². The molecule has 2 aromatic rings. The van der Waals surface area contributed by atoms with Crippen LogP contribution in [0.1, 0.15) is 70.4 Å². The Labute approximate surface area is 218 Å². The van der Waals surface area contributed by atoms with E-state index in [-0.39, 0.29) is 6.04 Å². The largest absolute Gasteiger partial charge is 0.313 e. The molecule has 7 nitrogen and oxygen atoms in total. The van der Waals surface area contributed by atoms with Crippen molar-refractivity contribution >= 4 is 17.8 Å². The molecule has 1 aliphatic heterocycles. The molecule has 1 fully saturated rings. The van der Waals surface area contributed by atoms with Crippen molar-refractivity contribution in [1.82, 2.24) is 15.4 Å². The number of amidine groups is 1. The Hall–Kier alpha value is -2.87. The number of nitrogens with zero attached hydrogens (tertiary/aromatic N) is 2. The molecule has 7 heteroatoms. The summed E-state index contributed by atoms with van der Waals surface area (Å²) in [4.78, 5) is 2.25. The number of unbranched alkanes of at least 4 members (excludes halogenated alkanes) is 1. The minimum Gasteiger partial charge on any atom is -0.313 e. The third-order valence-corrected chi connectivity index (χ3v) is 6.18. The van der Waals surface area contributed by atoms with Gasteiger partial charge in [-0.25, -0.2) is 0 Å². The monoisotopic (exact) mass is 493 g/mol. The lowest BCUT2D eigenvalue weighted by atomic mass is 9.88. The summed E-state index contributed by atoms with van der Waals surface area (Å²) in [6.07, 6.45) is 6.33. The van der Waals surface area contributed by atoms with E-state index in [1.807, 2.05) is 32.0 Å². The van der Waals surface area contributed by atoms with Gasteiger partial charge in [0.1, 0.15) is 11.9 Å². The summed E-state index contributed by atoms with van der Waals surface area (Å²) in [7, 11) is 0. The molecular formula is C29H47N7. The van der Waals surface area contributed by atoms with Crippen molar-refractivity contribution in [1.29, 1.82) is 16.2 Å². The minimum absolute atomic E-state index is 0.342. The van der Waals surface area contributed by atoms with Crippen LogP contribution in [0.15, 0.2) is 60.7 Å².